The maximum absolute atomic E-state index is 12.2. The van der Waals surface area contributed by atoms with E-state index < -0.39 is 0 Å². The van der Waals surface area contributed by atoms with Crippen molar-refractivity contribution in [2.24, 2.45) is 5.41 Å². The van der Waals surface area contributed by atoms with Crippen molar-refractivity contribution in [3.05, 3.63) is 21.0 Å². The van der Waals surface area contributed by atoms with Crippen molar-refractivity contribution in [2.45, 2.75) is 59.2 Å². The van der Waals surface area contributed by atoms with Crippen LogP contribution in [-0.2, 0) is 11.3 Å². The van der Waals surface area contributed by atoms with Gasteiger partial charge in [0.05, 0.1) is 18.0 Å². The highest BCUT2D eigenvalue weighted by molar-refractivity contribution is 9.10. The lowest BCUT2D eigenvalue weighted by atomic mass is 9.64. The maximum Gasteiger partial charge on any atom is 0.283 e. The summed E-state index contributed by atoms with van der Waals surface area (Å²) in [7, 11) is 0. The van der Waals surface area contributed by atoms with E-state index in [1.165, 1.54) is 4.68 Å². The van der Waals surface area contributed by atoms with E-state index in [-0.39, 0.29) is 23.1 Å². The van der Waals surface area contributed by atoms with Crippen LogP contribution in [0.5, 0.6) is 0 Å². The molecule has 0 saturated heterocycles. The van der Waals surface area contributed by atoms with Crippen molar-refractivity contribution in [2.75, 3.05) is 11.9 Å². The molecule has 2 atom stereocenters. The molecule has 118 valence electrons. The van der Waals surface area contributed by atoms with Crippen LogP contribution in [0.2, 0.25) is 0 Å². The molecule has 5 nitrogen and oxygen atoms in total. The first-order valence-corrected chi connectivity index (χ1v) is 8.34. The zero-order valence-electron chi connectivity index (χ0n) is 13.1. The van der Waals surface area contributed by atoms with Gasteiger partial charge in [0.1, 0.15) is 4.47 Å². The van der Waals surface area contributed by atoms with Crippen molar-refractivity contribution >= 4 is 21.6 Å². The summed E-state index contributed by atoms with van der Waals surface area (Å²) in [6.45, 7) is 9.80. The number of ether oxygens (including phenoxy) is 1. The highest BCUT2D eigenvalue weighted by Gasteiger charge is 2.49. The number of halogens is 1. The van der Waals surface area contributed by atoms with Crippen LogP contribution in [0.25, 0.3) is 0 Å². The Morgan fingerprint density at radius 1 is 1.52 bits per heavy atom. The van der Waals surface area contributed by atoms with Gasteiger partial charge in [0.2, 0.25) is 0 Å². The minimum absolute atomic E-state index is 0.0493. The Kier molecular flexibility index (Phi) is 5.09. The van der Waals surface area contributed by atoms with Gasteiger partial charge in [-0.25, -0.2) is 4.68 Å². The molecule has 1 saturated carbocycles. The van der Waals surface area contributed by atoms with Gasteiger partial charge >= 0.3 is 0 Å². The standard InChI is InChI=1S/C15H24BrN3O2/c1-5-7-19-14(20)13(16)10(9-17-19)18-11-8-12(21-6-2)15(11,3)4/h9,11-12,18H,5-8H2,1-4H3. The van der Waals surface area contributed by atoms with Gasteiger partial charge in [-0.1, -0.05) is 20.8 Å². The lowest BCUT2D eigenvalue weighted by Crippen LogP contribution is -2.58. The molecule has 21 heavy (non-hydrogen) atoms. The van der Waals surface area contributed by atoms with Gasteiger partial charge in [0.25, 0.3) is 5.56 Å². The predicted octanol–water partition coefficient (Wildman–Crippen LogP) is 3.03. The van der Waals surface area contributed by atoms with Crippen molar-refractivity contribution in [1.82, 2.24) is 9.78 Å². The SMILES string of the molecule is CCCn1ncc(NC2CC(OCC)C2(C)C)c(Br)c1=O. The van der Waals surface area contributed by atoms with Crippen molar-refractivity contribution in [3.63, 3.8) is 0 Å². The molecule has 1 aromatic heterocycles. The van der Waals surface area contributed by atoms with Gasteiger partial charge in [0.15, 0.2) is 0 Å². The Bertz CT molecular complexity index is 556. The number of anilines is 1. The van der Waals surface area contributed by atoms with E-state index in [4.69, 9.17) is 4.74 Å². The molecule has 0 aromatic carbocycles. The van der Waals surface area contributed by atoms with Crippen LogP contribution >= 0.6 is 15.9 Å². The molecule has 0 spiro atoms. The average Bonchev–Trinajstić information content (AvgIpc) is 2.45. The average molecular weight is 358 g/mol. The summed E-state index contributed by atoms with van der Waals surface area (Å²) in [5.41, 5.74) is 0.731. The molecule has 1 fully saturated rings. The third-order valence-electron chi connectivity index (χ3n) is 4.30. The van der Waals surface area contributed by atoms with E-state index in [9.17, 15) is 4.79 Å². The normalized spacial score (nSPS) is 23.7. The second-order valence-corrected chi connectivity index (χ2v) is 6.89. The van der Waals surface area contributed by atoms with Crippen LogP contribution in [0.4, 0.5) is 5.69 Å². The van der Waals surface area contributed by atoms with Crippen LogP contribution in [0.15, 0.2) is 15.5 Å². The fourth-order valence-corrected chi connectivity index (χ4v) is 3.16. The first kappa shape index (κ1) is 16.5. The quantitative estimate of drug-likeness (QED) is 0.849. The van der Waals surface area contributed by atoms with E-state index in [0.717, 1.165) is 25.1 Å². The van der Waals surface area contributed by atoms with E-state index in [1.807, 2.05) is 13.8 Å². The Labute approximate surface area is 134 Å². The van der Waals surface area contributed by atoms with Gasteiger partial charge in [-0.05, 0) is 35.7 Å². The Morgan fingerprint density at radius 2 is 2.24 bits per heavy atom. The first-order valence-electron chi connectivity index (χ1n) is 7.55. The molecule has 2 unspecified atom stereocenters. The molecule has 0 aliphatic heterocycles. The first-order chi connectivity index (χ1) is 9.91. The topological polar surface area (TPSA) is 56.1 Å². The number of aromatic nitrogens is 2. The van der Waals surface area contributed by atoms with Crippen LogP contribution in [0.3, 0.4) is 0 Å². The summed E-state index contributed by atoms with van der Waals surface area (Å²) in [5, 5.41) is 7.66. The van der Waals surface area contributed by atoms with Gasteiger partial charge in [0, 0.05) is 24.6 Å². The number of rotatable bonds is 6. The molecule has 1 aromatic rings. The number of aryl methyl sites for hydroxylation is 1. The van der Waals surface area contributed by atoms with Crippen molar-refractivity contribution < 1.29 is 4.74 Å². The number of nitrogens with one attached hydrogen (secondary N) is 1. The van der Waals surface area contributed by atoms with E-state index in [0.29, 0.717) is 11.0 Å². The molecular formula is C15H24BrN3O2. The van der Waals surface area contributed by atoms with Gasteiger partial charge < -0.3 is 10.1 Å². The summed E-state index contributed by atoms with van der Waals surface area (Å²) >= 11 is 3.40. The predicted molar refractivity (Wildman–Crippen MR) is 87.7 cm³/mol. The largest absolute Gasteiger partial charge is 0.379 e. The number of hydrogen-bond donors (Lipinski definition) is 1. The molecule has 2 rings (SSSR count). The van der Waals surface area contributed by atoms with Gasteiger partial charge in [-0.3, -0.25) is 4.79 Å². The molecule has 1 N–H and O–H groups in total. The van der Waals surface area contributed by atoms with Crippen LogP contribution in [-0.4, -0.2) is 28.5 Å². The Morgan fingerprint density at radius 3 is 2.81 bits per heavy atom. The van der Waals surface area contributed by atoms with Crippen LogP contribution < -0.4 is 10.9 Å². The molecular weight excluding hydrogens is 334 g/mol. The number of nitrogens with zero attached hydrogens (tertiary/aromatic N) is 2. The summed E-state index contributed by atoms with van der Waals surface area (Å²) in [6.07, 6.45) is 3.83. The molecule has 1 heterocycles. The number of hydrogen-bond acceptors (Lipinski definition) is 4. The van der Waals surface area contributed by atoms with Gasteiger partial charge in [-0.15, -0.1) is 0 Å². The molecule has 6 heteroatoms. The molecule has 0 radical (unpaired) electrons. The minimum atomic E-state index is -0.0830. The lowest BCUT2D eigenvalue weighted by Gasteiger charge is -2.52. The third kappa shape index (κ3) is 3.16. The fraction of sp³-hybridized carbons (Fsp3) is 0.733. The Balaban J connectivity index is 2.11. The summed E-state index contributed by atoms with van der Waals surface area (Å²) in [5.74, 6) is 0. The van der Waals surface area contributed by atoms with E-state index >= 15 is 0 Å². The summed E-state index contributed by atoms with van der Waals surface area (Å²) in [6, 6.07) is 0.286. The summed E-state index contributed by atoms with van der Waals surface area (Å²) in [4.78, 5) is 12.2. The molecule has 1 aliphatic carbocycles. The second kappa shape index (κ2) is 6.48. The van der Waals surface area contributed by atoms with Crippen LogP contribution in [0, 0.1) is 5.41 Å². The molecule has 1 aliphatic rings. The van der Waals surface area contributed by atoms with E-state index in [1.54, 1.807) is 6.20 Å². The van der Waals surface area contributed by atoms with Crippen molar-refractivity contribution in [3.8, 4) is 0 Å². The molecule has 0 bridgehead atoms. The highest BCUT2D eigenvalue weighted by atomic mass is 79.9. The monoisotopic (exact) mass is 357 g/mol. The smallest absolute Gasteiger partial charge is 0.283 e. The highest BCUT2D eigenvalue weighted by Crippen LogP contribution is 2.44. The van der Waals surface area contributed by atoms with Crippen molar-refractivity contribution in [1.29, 1.82) is 0 Å². The second-order valence-electron chi connectivity index (χ2n) is 6.10. The summed E-state index contributed by atoms with van der Waals surface area (Å²) < 4.78 is 7.78. The van der Waals surface area contributed by atoms with E-state index in [2.05, 4.69) is 40.2 Å². The minimum Gasteiger partial charge on any atom is -0.379 e. The third-order valence-corrected chi connectivity index (χ3v) is 5.06. The molecule has 0 amide bonds. The fourth-order valence-electron chi connectivity index (χ4n) is 2.74. The zero-order valence-corrected chi connectivity index (χ0v) is 14.7. The van der Waals surface area contributed by atoms with Crippen LogP contribution in [0.1, 0.15) is 40.5 Å². The Hall–Kier alpha value is -0.880. The lowest BCUT2D eigenvalue weighted by molar-refractivity contribution is -0.0976. The van der Waals surface area contributed by atoms with Gasteiger partial charge in [-0.2, -0.15) is 5.10 Å². The zero-order chi connectivity index (χ0) is 15.6. The maximum atomic E-state index is 12.2.